The molecule has 2 fully saturated rings. The van der Waals surface area contributed by atoms with Crippen molar-refractivity contribution in [2.45, 2.75) is 31.7 Å². The van der Waals surface area contributed by atoms with Gasteiger partial charge in [-0.25, -0.2) is 4.39 Å². The van der Waals surface area contributed by atoms with Crippen molar-refractivity contribution in [3.05, 3.63) is 34.6 Å². The summed E-state index contributed by atoms with van der Waals surface area (Å²) in [7, 11) is 0. The van der Waals surface area contributed by atoms with Gasteiger partial charge in [-0.15, -0.1) is 0 Å². The van der Waals surface area contributed by atoms with Gasteiger partial charge in [-0.2, -0.15) is 0 Å². The molecule has 1 N–H and O–H groups in total. The first-order chi connectivity index (χ1) is 9.17. The molecule has 1 unspecified atom stereocenters. The lowest BCUT2D eigenvalue weighted by Gasteiger charge is -2.28. The lowest BCUT2D eigenvalue weighted by Crippen LogP contribution is -2.38. The third kappa shape index (κ3) is 3.28. The predicted octanol–water partition coefficient (Wildman–Crippen LogP) is 3.18. The molecule has 1 saturated carbocycles. The molecule has 1 aromatic carbocycles. The second-order valence-electron chi connectivity index (χ2n) is 5.87. The second kappa shape index (κ2) is 5.39. The van der Waals surface area contributed by atoms with Crippen LogP contribution < -0.4 is 5.32 Å². The summed E-state index contributed by atoms with van der Waals surface area (Å²) in [6.45, 7) is 2.41. The van der Waals surface area contributed by atoms with Crippen LogP contribution in [0.5, 0.6) is 0 Å². The number of hydrogen-bond acceptors (Lipinski definition) is 2. The maximum atomic E-state index is 13.9. The van der Waals surface area contributed by atoms with Crippen LogP contribution in [0.15, 0.2) is 18.2 Å². The highest BCUT2D eigenvalue weighted by Crippen LogP contribution is 2.34. The fourth-order valence-electron chi connectivity index (χ4n) is 2.71. The summed E-state index contributed by atoms with van der Waals surface area (Å²) in [5, 5.41) is 4.01. The third-order valence-corrected chi connectivity index (χ3v) is 4.34. The summed E-state index contributed by atoms with van der Waals surface area (Å²) in [4.78, 5) is 0. The molecule has 1 atom stereocenters. The van der Waals surface area contributed by atoms with Gasteiger partial charge >= 0.3 is 0 Å². The summed E-state index contributed by atoms with van der Waals surface area (Å²) in [5.74, 6) is -0.204. The van der Waals surface area contributed by atoms with E-state index in [0.717, 1.165) is 38.2 Å². The molecule has 1 aliphatic carbocycles. The maximum Gasteiger partial charge on any atom is 0.127 e. The molecular weight excluding hydrogens is 265 g/mol. The molecule has 2 nitrogen and oxygen atoms in total. The molecule has 0 amide bonds. The highest BCUT2D eigenvalue weighted by molar-refractivity contribution is 6.30. The molecule has 1 aromatic rings. The number of hydrogen-bond donors (Lipinski definition) is 1. The average molecular weight is 284 g/mol. The normalized spacial score (nSPS) is 26.8. The maximum absolute atomic E-state index is 13.9. The topological polar surface area (TPSA) is 21.3 Å². The number of halogens is 2. The van der Waals surface area contributed by atoms with E-state index < -0.39 is 0 Å². The summed E-state index contributed by atoms with van der Waals surface area (Å²) in [5.41, 5.74) is 0.782. The van der Waals surface area contributed by atoms with E-state index >= 15 is 0 Å². The largest absolute Gasteiger partial charge is 0.381 e. The fourth-order valence-corrected chi connectivity index (χ4v) is 2.87. The molecule has 104 valence electrons. The van der Waals surface area contributed by atoms with E-state index in [4.69, 9.17) is 16.3 Å². The van der Waals surface area contributed by atoms with Gasteiger partial charge in [-0.1, -0.05) is 17.7 Å². The van der Waals surface area contributed by atoms with Crippen molar-refractivity contribution < 1.29 is 9.13 Å². The van der Waals surface area contributed by atoms with Gasteiger partial charge < -0.3 is 10.1 Å². The van der Waals surface area contributed by atoms with Gasteiger partial charge in [-0.05, 0) is 43.4 Å². The van der Waals surface area contributed by atoms with Gasteiger partial charge in [0.25, 0.3) is 0 Å². The van der Waals surface area contributed by atoms with E-state index in [9.17, 15) is 4.39 Å². The Morgan fingerprint density at radius 2 is 2.26 bits per heavy atom. The Balaban J connectivity index is 1.72. The predicted molar refractivity (Wildman–Crippen MR) is 74.0 cm³/mol. The van der Waals surface area contributed by atoms with E-state index in [1.54, 1.807) is 12.1 Å². The Morgan fingerprint density at radius 1 is 1.42 bits per heavy atom. The van der Waals surface area contributed by atoms with Crippen molar-refractivity contribution in [1.29, 1.82) is 0 Å². The lowest BCUT2D eigenvalue weighted by molar-refractivity contribution is 0.148. The Hall–Kier alpha value is -0.640. The van der Waals surface area contributed by atoms with Gasteiger partial charge in [0.2, 0.25) is 0 Å². The zero-order valence-electron chi connectivity index (χ0n) is 10.9. The molecule has 3 rings (SSSR count). The van der Waals surface area contributed by atoms with Crippen LogP contribution in [0.2, 0.25) is 5.02 Å². The summed E-state index contributed by atoms with van der Waals surface area (Å²) in [6.07, 6.45) is 4.25. The minimum absolute atomic E-state index is 0.0389. The van der Waals surface area contributed by atoms with E-state index in [2.05, 4.69) is 5.32 Å². The molecule has 1 aliphatic heterocycles. The minimum atomic E-state index is -0.204. The zero-order chi connectivity index (χ0) is 13.3. The third-order valence-electron chi connectivity index (χ3n) is 4.11. The van der Waals surface area contributed by atoms with Crippen molar-refractivity contribution >= 4 is 11.6 Å². The first-order valence-corrected chi connectivity index (χ1v) is 7.30. The van der Waals surface area contributed by atoms with Crippen molar-refractivity contribution in [1.82, 2.24) is 5.32 Å². The first-order valence-electron chi connectivity index (χ1n) is 6.92. The number of nitrogens with one attached hydrogen (secondary N) is 1. The van der Waals surface area contributed by atoms with E-state index in [1.807, 2.05) is 0 Å². The van der Waals surface area contributed by atoms with Crippen LogP contribution in [0, 0.1) is 11.2 Å². The summed E-state index contributed by atoms with van der Waals surface area (Å²) >= 11 is 5.80. The number of ether oxygens (including phenoxy) is 1. The smallest absolute Gasteiger partial charge is 0.127 e. The van der Waals surface area contributed by atoms with Crippen LogP contribution in [0.3, 0.4) is 0 Å². The molecular formula is C15H19ClFNO. The Bertz CT molecular complexity index is 455. The lowest BCUT2D eigenvalue weighted by atomic mass is 9.80. The summed E-state index contributed by atoms with van der Waals surface area (Å²) < 4.78 is 19.5. The van der Waals surface area contributed by atoms with Gasteiger partial charge in [0.05, 0.1) is 6.61 Å². The molecule has 0 bridgehead atoms. The van der Waals surface area contributed by atoms with Gasteiger partial charge in [-0.3, -0.25) is 0 Å². The molecule has 0 spiro atoms. The molecule has 2 aliphatic rings. The van der Waals surface area contributed by atoms with Crippen molar-refractivity contribution in [3.8, 4) is 0 Å². The van der Waals surface area contributed by atoms with E-state index in [1.165, 1.54) is 18.9 Å². The van der Waals surface area contributed by atoms with Crippen LogP contribution in [-0.2, 0) is 11.2 Å². The van der Waals surface area contributed by atoms with E-state index in [-0.39, 0.29) is 11.2 Å². The van der Waals surface area contributed by atoms with Gasteiger partial charge in [0.15, 0.2) is 0 Å². The molecule has 1 heterocycles. The minimum Gasteiger partial charge on any atom is -0.381 e. The molecule has 4 heteroatoms. The Labute approximate surface area is 118 Å². The second-order valence-corrected chi connectivity index (χ2v) is 6.31. The monoisotopic (exact) mass is 283 g/mol. The highest BCUT2D eigenvalue weighted by Gasteiger charge is 2.37. The van der Waals surface area contributed by atoms with Crippen molar-refractivity contribution in [3.63, 3.8) is 0 Å². The standard InChI is InChI=1S/C15H19ClFNO/c16-12-2-1-11(14(17)7-12)8-15(5-6-19-10-15)9-18-13-3-4-13/h1-2,7,13,18H,3-6,8-10H2. The quantitative estimate of drug-likeness (QED) is 0.896. The Kier molecular flexibility index (Phi) is 3.79. The molecule has 0 radical (unpaired) electrons. The van der Waals surface area contributed by atoms with Crippen LogP contribution in [0.25, 0.3) is 0 Å². The van der Waals surface area contributed by atoms with Gasteiger partial charge in [0.1, 0.15) is 5.82 Å². The van der Waals surface area contributed by atoms with E-state index in [0.29, 0.717) is 11.1 Å². The number of rotatable bonds is 5. The van der Waals surface area contributed by atoms with Crippen LogP contribution in [-0.4, -0.2) is 25.8 Å². The first kappa shape index (κ1) is 13.3. The average Bonchev–Trinajstić information content (AvgIpc) is 3.11. The Morgan fingerprint density at radius 3 is 2.89 bits per heavy atom. The highest BCUT2D eigenvalue weighted by atomic mass is 35.5. The van der Waals surface area contributed by atoms with Crippen LogP contribution in [0.4, 0.5) is 4.39 Å². The van der Waals surface area contributed by atoms with Crippen molar-refractivity contribution in [2.75, 3.05) is 19.8 Å². The van der Waals surface area contributed by atoms with Crippen LogP contribution in [0.1, 0.15) is 24.8 Å². The van der Waals surface area contributed by atoms with Gasteiger partial charge in [0, 0.05) is 29.6 Å². The molecule has 1 saturated heterocycles. The molecule has 0 aromatic heterocycles. The number of benzene rings is 1. The molecule has 19 heavy (non-hydrogen) atoms. The van der Waals surface area contributed by atoms with Crippen molar-refractivity contribution in [2.24, 2.45) is 5.41 Å². The van der Waals surface area contributed by atoms with Crippen LogP contribution >= 0.6 is 11.6 Å². The fraction of sp³-hybridized carbons (Fsp3) is 0.600. The zero-order valence-corrected chi connectivity index (χ0v) is 11.7. The SMILES string of the molecule is Fc1cc(Cl)ccc1CC1(CNC2CC2)CCOC1. The summed E-state index contributed by atoms with van der Waals surface area (Å²) in [6, 6.07) is 5.63.